The van der Waals surface area contributed by atoms with E-state index in [1.807, 2.05) is 19.2 Å². The standard InChI is InChI=1S/C19H18FN3OS/c1-23(16-8-4-6-12-5-2-3-7-14(12)16)19(24)22-18-21-15-10-9-13(20)11-17(15)25-18/h2-3,5,7,9-11,16H,4,6,8H2,1H3,(H,21,22,24)/t16-/m0/s1. The number of hydrogen-bond donors (Lipinski definition) is 1. The quantitative estimate of drug-likeness (QED) is 0.705. The molecule has 0 spiro atoms. The smallest absolute Gasteiger partial charge is 0.320 e. The van der Waals surface area contributed by atoms with Crippen molar-refractivity contribution in [3.63, 3.8) is 0 Å². The molecule has 4 nitrogen and oxygen atoms in total. The van der Waals surface area contributed by atoms with E-state index in [-0.39, 0.29) is 17.9 Å². The van der Waals surface area contributed by atoms with E-state index in [0.29, 0.717) is 10.6 Å². The third kappa shape index (κ3) is 3.09. The minimum atomic E-state index is -0.301. The lowest BCUT2D eigenvalue weighted by atomic mass is 9.87. The maximum absolute atomic E-state index is 13.3. The number of aryl methyl sites for hydroxylation is 1. The number of thiazole rings is 1. The fourth-order valence-electron chi connectivity index (χ4n) is 3.40. The van der Waals surface area contributed by atoms with E-state index in [2.05, 4.69) is 22.4 Å². The number of hydrogen-bond acceptors (Lipinski definition) is 3. The first-order valence-electron chi connectivity index (χ1n) is 8.29. The Kier molecular flexibility index (Phi) is 4.13. The van der Waals surface area contributed by atoms with Gasteiger partial charge in [0.05, 0.1) is 16.3 Å². The largest absolute Gasteiger partial charge is 0.323 e. The summed E-state index contributed by atoms with van der Waals surface area (Å²) in [6.45, 7) is 0. The fourth-order valence-corrected chi connectivity index (χ4v) is 4.28. The Labute approximate surface area is 149 Å². The molecular weight excluding hydrogens is 337 g/mol. The van der Waals surface area contributed by atoms with Crippen molar-refractivity contribution in [1.82, 2.24) is 9.88 Å². The van der Waals surface area contributed by atoms with Crippen LogP contribution in [0.5, 0.6) is 0 Å². The number of carbonyl (C=O) groups excluding carboxylic acids is 1. The molecular formula is C19H18FN3OS. The van der Waals surface area contributed by atoms with Gasteiger partial charge in [0.15, 0.2) is 5.13 Å². The summed E-state index contributed by atoms with van der Waals surface area (Å²) in [6, 6.07) is 12.6. The van der Waals surface area contributed by atoms with Crippen LogP contribution in [0.1, 0.15) is 30.0 Å². The second-order valence-electron chi connectivity index (χ2n) is 6.28. The highest BCUT2D eigenvalue weighted by Crippen LogP contribution is 2.34. The van der Waals surface area contributed by atoms with Crippen molar-refractivity contribution < 1.29 is 9.18 Å². The number of urea groups is 1. The highest BCUT2D eigenvalue weighted by molar-refractivity contribution is 7.22. The summed E-state index contributed by atoms with van der Waals surface area (Å²) < 4.78 is 14.0. The minimum Gasteiger partial charge on any atom is -0.320 e. The van der Waals surface area contributed by atoms with E-state index in [9.17, 15) is 9.18 Å². The number of anilines is 1. The zero-order valence-electron chi connectivity index (χ0n) is 13.8. The van der Waals surface area contributed by atoms with Gasteiger partial charge in [-0.05, 0) is 48.6 Å². The van der Waals surface area contributed by atoms with E-state index >= 15 is 0 Å². The number of benzene rings is 2. The Hall–Kier alpha value is -2.47. The van der Waals surface area contributed by atoms with Gasteiger partial charge in [-0.15, -0.1) is 0 Å². The van der Waals surface area contributed by atoms with E-state index in [1.165, 1.54) is 34.6 Å². The lowest BCUT2D eigenvalue weighted by Gasteiger charge is -2.33. The Morgan fingerprint density at radius 3 is 3.04 bits per heavy atom. The average Bonchev–Trinajstić information content (AvgIpc) is 3.01. The van der Waals surface area contributed by atoms with E-state index in [4.69, 9.17) is 0 Å². The number of nitrogens with one attached hydrogen (secondary N) is 1. The summed E-state index contributed by atoms with van der Waals surface area (Å²) in [7, 11) is 1.81. The Morgan fingerprint density at radius 1 is 1.32 bits per heavy atom. The van der Waals surface area contributed by atoms with Gasteiger partial charge >= 0.3 is 6.03 Å². The highest BCUT2D eigenvalue weighted by Gasteiger charge is 2.26. The lowest BCUT2D eigenvalue weighted by Crippen LogP contribution is -2.36. The number of rotatable bonds is 2. The summed E-state index contributed by atoms with van der Waals surface area (Å²) in [5.41, 5.74) is 3.22. The number of fused-ring (bicyclic) bond motifs is 2. The average molecular weight is 355 g/mol. The van der Waals surface area contributed by atoms with Crippen LogP contribution < -0.4 is 5.32 Å². The summed E-state index contributed by atoms with van der Waals surface area (Å²) in [6.07, 6.45) is 3.08. The van der Waals surface area contributed by atoms with Gasteiger partial charge in [-0.25, -0.2) is 14.2 Å². The van der Waals surface area contributed by atoms with Crippen LogP contribution in [0.25, 0.3) is 10.2 Å². The fraction of sp³-hybridized carbons (Fsp3) is 0.263. The molecule has 1 atom stereocenters. The van der Waals surface area contributed by atoms with Gasteiger partial charge in [0.1, 0.15) is 5.82 Å². The molecule has 1 heterocycles. The van der Waals surface area contributed by atoms with Crippen LogP contribution in [0.2, 0.25) is 0 Å². The summed E-state index contributed by atoms with van der Waals surface area (Å²) >= 11 is 1.28. The third-order valence-electron chi connectivity index (χ3n) is 4.69. The second kappa shape index (κ2) is 6.44. The molecule has 0 radical (unpaired) electrons. The maximum Gasteiger partial charge on any atom is 0.323 e. The van der Waals surface area contributed by atoms with Gasteiger partial charge < -0.3 is 4.90 Å². The van der Waals surface area contributed by atoms with Gasteiger partial charge in [-0.2, -0.15) is 0 Å². The first kappa shape index (κ1) is 16.0. The number of halogens is 1. The van der Waals surface area contributed by atoms with Crippen LogP contribution in [-0.2, 0) is 6.42 Å². The van der Waals surface area contributed by atoms with Crippen LogP contribution in [0.3, 0.4) is 0 Å². The second-order valence-corrected chi connectivity index (χ2v) is 7.31. The zero-order valence-corrected chi connectivity index (χ0v) is 14.6. The summed E-state index contributed by atoms with van der Waals surface area (Å²) in [5.74, 6) is -0.301. The molecule has 0 saturated carbocycles. The lowest BCUT2D eigenvalue weighted by molar-refractivity contribution is 0.197. The molecule has 1 aliphatic rings. The monoisotopic (exact) mass is 355 g/mol. The van der Waals surface area contributed by atoms with Gasteiger partial charge in [0.25, 0.3) is 0 Å². The number of nitrogens with zero attached hydrogens (tertiary/aromatic N) is 2. The predicted octanol–water partition coefficient (Wildman–Crippen LogP) is 4.98. The molecule has 1 aromatic heterocycles. The summed E-state index contributed by atoms with van der Waals surface area (Å²) in [4.78, 5) is 18.8. The van der Waals surface area contributed by atoms with Crippen LogP contribution in [0.4, 0.5) is 14.3 Å². The molecule has 6 heteroatoms. The Balaban J connectivity index is 1.54. The van der Waals surface area contributed by atoms with Crippen LogP contribution in [0.15, 0.2) is 42.5 Å². The van der Waals surface area contributed by atoms with Crippen molar-refractivity contribution in [2.24, 2.45) is 0 Å². The number of amides is 2. The molecule has 0 bridgehead atoms. The normalized spacial score (nSPS) is 16.5. The summed E-state index contributed by atoms with van der Waals surface area (Å²) in [5, 5.41) is 3.34. The molecule has 1 N–H and O–H groups in total. The SMILES string of the molecule is CN(C(=O)Nc1nc2ccc(F)cc2s1)[C@H]1CCCc2ccccc21. The topological polar surface area (TPSA) is 45.2 Å². The number of aromatic nitrogens is 1. The first-order chi connectivity index (χ1) is 12.1. The molecule has 0 fully saturated rings. The molecule has 0 saturated heterocycles. The van der Waals surface area contributed by atoms with E-state index in [0.717, 1.165) is 24.0 Å². The van der Waals surface area contributed by atoms with E-state index in [1.54, 1.807) is 11.0 Å². The molecule has 128 valence electrons. The van der Waals surface area contributed by atoms with Crippen molar-refractivity contribution in [3.8, 4) is 0 Å². The van der Waals surface area contributed by atoms with Crippen molar-refractivity contribution >= 4 is 32.7 Å². The molecule has 4 rings (SSSR count). The van der Waals surface area contributed by atoms with Crippen molar-refractivity contribution in [2.45, 2.75) is 25.3 Å². The van der Waals surface area contributed by atoms with Gasteiger partial charge in [0.2, 0.25) is 0 Å². The number of carbonyl (C=O) groups is 1. The Bertz CT molecular complexity index is 939. The first-order valence-corrected chi connectivity index (χ1v) is 9.11. The van der Waals surface area contributed by atoms with Gasteiger partial charge in [-0.3, -0.25) is 5.32 Å². The highest BCUT2D eigenvalue weighted by atomic mass is 32.1. The molecule has 1 aliphatic carbocycles. The van der Waals surface area contributed by atoms with Gasteiger partial charge in [-0.1, -0.05) is 35.6 Å². The predicted molar refractivity (Wildman–Crippen MR) is 98.5 cm³/mol. The molecule has 0 aliphatic heterocycles. The zero-order chi connectivity index (χ0) is 17.4. The molecule has 2 aromatic carbocycles. The van der Waals surface area contributed by atoms with Crippen LogP contribution in [-0.4, -0.2) is 23.0 Å². The minimum absolute atomic E-state index is 0.0665. The van der Waals surface area contributed by atoms with Crippen molar-refractivity contribution in [2.75, 3.05) is 12.4 Å². The molecule has 0 unspecified atom stereocenters. The van der Waals surface area contributed by atoms with Crippen LogP contribution >= 0.6 is 11.3 Å². The molecule has 25 heavy (non-hydrogen) atoms. The van der Waals surface area contributed by atoms with Crippen molar-refractivity contribution in [1.29, 1.82) is 0 Å². The van der Waals surface area contributed by atoms with Crippen molar-refractivity contribution in [3.05, 3.63) is 59.4 Å². The van der Waals surface area contributed by atoms with Gasteiger partial charge in [0, 0.05) is 7.05 Å². The third-order valence-corrected chi connectivity index (χ3v) is 5.62. The molecule has 2 amide bonds. The Morgan fingerprint density at radius 2 is 2.16 bits per heavy atom. The maximum atomic E-state index is 13.3. The van der Waals surface area contributed by atoms with E-state index < -0.39 is 0 Å². The van der Waals surface area contributed by atoms with Crippen LogP contribution in [0, 0.1) is 5.82 Å². The molecule has 3 aromatic rings.